The van der Waals surface area contributed by atoms with Gasteiger partial charge in [0.2, 0.25) is 0 Å². The number of nitrogens with one attached hydrogen (secondary N) is 1. The molecule has 0 bridgehead atoms. The highest BCUT2D eigenvalue weighted by Crippen LogP contribution is 2.25. The second kappa shape index (κ2) is 7.59. The van der Waals surface area contributed by atoms with E-state index in [0.717, 1.165) is 48.8 Å². The smallest absolute Gasteiger partial charge is 0.378 e. The van der Waals surface area contributed by atoms with Crippen LogP contribution in [0.15, 0.2) is 52.7 Å². The first kappa shape index (κ1) is 18.4. The van der Waals surface area contributed by atoms with Crippen LogP contribution in [0.4, 0.5) is 23.0 Å². The van der Waals surface area contributed by atoms with Gasteiger partial charge in [-0.15, -0.1) is 0 Å². The molecule has 7 nitrogen and oxygen atoms in total. The largest absolute Gasteiger partial charge is 0.422 e. The summed E-state index contributed by atoms with van der Waals surface area (Å²) in [5.74, 6) is 0.817. The summed E-state index contributed by atoms with van der Waals surface area (Å²) in [5, 5.41) is 12.4. The maximum atomic E-state index is 4.54. The monoisotopic (exact) mass is 378 g/mol. The summed E-state index contributed by atoms with van der Waals surface area (Å²) in [4.78, 5) is 4.50. The van der Waals surface area contributed by atoms with Crippen LogP contribution in [0.25, 0.3) is 11.0 Å². The number of imidazole rings is 1. The van der Waals surface area contributed by atoms with Gasteiger partial charge in [-0.3, -0.25) is 0 Å². The van der Waals surface area contributed by atoms with Gasteiger partial charge in [0, 0.05) is 62.8 Å². The van der Waals surface area contributed by atoms with E-state index in [1.807, 2.05) is 26.2 Å². The summed E-state index contributed by atoms with van der Waals surface area (Å²) in [7, 11) is 8.16. The van der Waals surface area contributed by atoms with Crippen molar-refractivity contribution in [2.45, 2.75) is 0 Å². The normalized spacial score (nSPS) is 14.9. The van der Waals surface area contributed by atoms with Crippen molar-refractivity contribution in [1.29, 1.82) is 0 Å². The van der Waals surface area contributed by atoms with Gasteiger partial charge in [-0.1, -0.05) is 5.11 Å². The lowest BCUT2D eigenvalue weighted by atomic mass is 10.2. The maximum Gasteiger partial charge on any atom is 0.422 e. The molecule has 1 fully saturated rings. The molecule has 0 amide bonds. The predicted octanol–water partition coefficient (Wildman–Crippen LogP) is 2.89. The Morgan fingerprint density at radius 1 is 1.00 bits per heavy atom. The minimum Gasteiger partial charge on any atom is -0.378 e. The zero-order valence-corrected chi connectivity index (χ0v) is 17.1. The Labute approximate surface area is 165 Å². The molecule has 3 aromatic rings. The third kappa shape index (κ3) is 3.45. The van der Waals surface area contributed by atoms with Gasteiger partial charge in [0.05, 0.1) is 14.1 Å². The molecule has 0 radical (unpaired) electrons. The van der Waals surface area contributed by atoms with Crippen molar-refractivity contribution in [3.8, 4) is 0 Å². The minimum absolute atomic E-state index is 0.817. The van der Waals surface area contributed by atoms with Gasteiger partial charge in [0.25, 0.3) is 0 Å². The molecule has 0 spiro atoms. The van der Waals surface area contributed by atoms with E-state index >= 15 is 0 Å². The number of aromatic nitrogens is 2. The second-order valence-electron chi connectivity index (χ2n) is 7.44. The molecule has 7 heteroatoms. The van der Waals surface area contributed by atoms with Gasteiger partial charge >= 0.3 is 5.95 Å². The van der Waals surface area contributed by atoms with E-state index < -0.39 is 0 Å². The Morgan fingerprint density at radius 2 is 1.71 bits per heavy atom. The lowest BCUT2D eigenvalue weighted by Gasteiger charge is -2.29. The van der Waals surface area contributed by atoms with E-state index in [1.54, 1.807) is 0 Å². The van der Waals surface area contributed by atoms with Crippen LogP contribution in [0, 0.1) is 0 Å². The van der Waals surface area contributed by atoms with E-state index in [1.165, 1.54) is 11.4 Å². The van der Waals surface area contributed by atoms with Gasteiger partial charge in [-0.2, -0.15) is 0 Å². The molecule has 1 aromatic heterocycles. The van der Waals surface area contributed by atoms with Crippen LogP contribution >= 0.6 is 0 Å². The molecule has 28 heavy (non-hydrogen) atoms. The summed E-state index contributed by atoms with van der Waals surface area (Å²) in [5.41, 5.74) is 5.54. The third-order valence-electron chi connectivity index (χ3n) is 5.38. The Balaban J connectivity index is 1.59. The van der Waals surface area contributed by atoms with Crippen molar-refractivity contribution < 1.29 is 4.57 Å². The quantitative estimate of drug-likeness (QED) is 0.561. The fourth-order valence-corrected chi connectivity index (χ4v) is 3.67. The van der Waals surface area contributed by atoms with Gasteiger partial charge in [-0.05, 0) is 36.4 Å². The van der Waals surface area contributed by atoms with E-state index in [9.17, 15) is 0 Å². The van der Waals surface area contributed by atoms with Gasteiger partial charge in [0.1, 0.15) is 16.7 Å². The van der Waals surface area contributed by atoms with Crippen molar-refractivity contribution in [3.63, 3.8) is 0 Å². The second-order valence-corrected chi connectivity index (χ2v) is 7.44. The van der Waals surface area contributed by atoms with Crippen molar-refractivity contribution in [2.75, 3.05) is 50.1 Å². The summed E-state index contributed by atoms with van der Waals surface area (Å²) in [6.45, 7) is 4.16. The molecule has 146 valence electrons. The SMILES string of the molecule is CN(C)c1ccc2c(c1)n(C)c(N=Nc1ccc(N3CCNCC3)cc1)[n+]2C. The van der Waals surface area contributed by atoms with Crippen LogP contribution in [-0.2, 0) is 14.1 Å². The minimum atomic E-state index is 0.817. The summed E-state index contributed by atoms with van der Waals surface area (Å²) in [6.07, 6.45) is 0. The molecular formula is C21H28N7+. The lowest BCUT2D eigenvalue weighted by molar-refractivity contribution is -0.632. The van der Waals surface area contributed by atoms with Crippen molar-refractivity contribution in [2.24, 2.45) is 24.3 Å². The number of fused-ring (bicyclic) bond motifs is 1. The van der Waals surface area contributed by atoms with Crippen LogP contribution in [0.5, 0.6) is 0 Å². The first-order valence-electron chi connectivity index (χ1n) is 9.68. The Morgan fingerprint density at radius 3 is 2.39 bits per heavy atom. The molecule has 0 aliphatic carbocycles. The van der Waals surface area contributed by atoms with E-state index in [-0.39, 0.29) is 0 Å². The molecule has 0 atom stereocenters. The Hall–Kier alpha value is -2.93. The molecule has 2 heterocycles. The molecule has 4 rings (SSSR count). The highest BCUT2D eigenvalue weighted by atomic mass is 15.3. The van der Waals surface area contributed by atoms with E-state index in [2.05, 4.69) is 78.9 Å². The van der Waals surface area contributed by atoms with Crippen LogP contribution < -0.4 is 19.7 Å². The van der Waals surface area contributed by atoms with Crippen molar-refractivity contribution >= 4 is 34.0 Å². The average Bonchev–Trinajstić information content (AvgIpc) is 2.97. The number of aryl methyl sites for hydroxylation is 2. The van der Waals surface area contributed by atoms with Crippen molar-refractivity contribution in [3.05, 3.63) is 42.5 Å². The average molecular weight is 379 g/mol. The molecule has 0 unspecified atom stereocenters. The zero-order valence-electron chi connectivity index (χ0n) is 17.1. The molecule has 1 saturated heterocycles. The Kier molecular flexibility index (Phi) is 5.00. The van der Waals surface area contributed by atoms with Gasteiger partial charge < -0.3 is 15.1 Å². The summed E-state index contributed by atoms with van der Waals surface area (Å²) >= 11 is 0. The number of piperazine rings is 1. The highest BCUT2D eigenvalue weighted by Gasteiger charge is 2.20. The van der Waals surface area contributed by atoms with E-state index in [0.29, 0.717) is 0 Å². The molecule has 0 saturated carbocycles. The van der Waals surface area contributed by atoms with Crippen LogP contribution in [0.1, 0.15) is 0 Å². The third-order valence-corrected chi connectivity index (χ3v) is 5.38. The lowest BCUT2D eigenvalue weighted by Crippen LogP contribution is -2.43. The number of hydrogen-bond acceptors (Lipinski definition) is 5. The van der Waals surface area contributed by atoms with Crippen LogP contribution in [-0.4, -0.2) is 44.8 Å². The molecule has 1 aliphatic heterocycles. The zero-order chi connectivity index (χ0) is 19.7. The van der Waals surface area contributed by atoms with Gasteiger partial charge in [-0.25, -0.2) is 9.13 Å². The van der Waals surface area contributed by atoms with Crippen LogP contribution in [0.2, 0.25) is 0 Å². The summed E-state index contributed by atoms with van der Waals surface area (Å²) in [6, 6.07) is 14.8. The summed E-state index contributed by atoms with van der Waals surface area (Å²) < 4.78 is 4.16. The fraction of sp³-hybridized carbons (Fsp3) is 0.381. The molecular weight excluding hydrogens is 350 g/mol. The maximum absolute atomic E-state index is 4.54. The number of azo groups is 1. The van der Waals surface area contributed by atoms with Crippen LogP contribution in [0.3, 0.4) is 0 Å². The highest BCUT2D eigenvalue weighted by molar-refractivity contribution is 5.78. The standard InChI is InChI=1S/C21H28N7/c1-25(2)18-9-10-19-20(15-18)27(4)21(26(19)3)24-23-16-5-7-17(8-6-16)28-13-11-22-12-14-28/h5-10,15,22H,11-14H2,1-4H3/q+1. The number of benzene rings is 2. The first-order valence-corrected chi connectivity index (χ1v) is 9.68. The number of hydrogen-bond donors (Lipinski definition) is 1. The predicted molar refractivity (Wildman–Crippen MR) is 114 cm³/mol. The Bertz CT molecular complexity index is 996. The number of nitrogens with zero attached hydrogens (tertiary/aromatic N) is 6. The molecule has 2 aromatic carbocycles. The topological polar surface area (TPSA) is 52.0 Å². The first-order chi connectivity index (χ1) is 13.5. The molecule has 1 N–H and O–H groups in total. The van der Waals surface area contributed by atoms with Crippen molar-refractivity contribution in [1.82, 2.24) is 9.88 Å². The number of rotatable bonds is 4. The molecule has 1 aliphatic rings. The van der Waals surface area contributed by atoms with E-state index in [4.69, 9.17) is 0 Å². The fourth-order valence-electron chi connectivity index (χ4n) is 3.67. The number of anilines is 2. The van der Waals surface area contributed by atoms with Gasteiger partial charge in [0.15, 0.2) is 0 Å².